The molecule has 0 unspecified atom stereocenters. The molecule has 1 aromatic heterocycles. The number of hydrogen-bond donors (Lipinski definition) is 2. The van der Waals surface area contributed by atoms with E-state index in [0.29, 0.717) is 30.0 Å². The van der Waals surface area contributed by atoms with Crippen LogP contribution in [-0.2, 0) is 11.8 Å². The first kappa shape index (κ1) is 18.9. The number of carbonyl (C=O) groups is 1. The summed E-state index contributed by atoms with van der Waals surface area (Å²) in [4.78, 5) is 23.7. The van der Waals surface area contributed by atoms with E-state index in [4.69, 9.17) is 5.73 Å². The van der Waals surface area contributed by atoms with Crippen molar-refractivity contribution in [1.82, 2.24) is 9.97 Å². The summed E-state index contributed by atoms with van der Waals surface area (Å²) in [5.74, 6) is 0.467. The minimum Gasteiger partial charge on any atom is -0.506 e. The van der Waals surface area contributed by atoms with E-state index in [2.05, 4.69) is 42.9 Å². The summed E-state index contributed by atoms with van der Waals surface area (Å²) in [5, 5.41) is 9.62. The van der Waals surface area contributed by atoms with Crippen LogP contribution < -0.4 is 10.6 Å². The lowest BCUT2D eigenvalue weighted by Crippen LogP contribution is -2.38. The molecule has 0 saturated heterocycles. The molecule has 2 heterocycles. The zero-order chi connectivity index (χ0) is 20.8. The molecule has 1 aliphatic heterocycles. The van der Waals surface area contributed by atoms with Gasteiger partial charge in [0.25, 0.3) is 5.91 Å². The van der Waals surface area contributed by atoms with Gasteiger partial charge in [-0.25, -0.2) is 9.97 Å². The highest BCUT2D eigenvalue weighted by Gasteiger charge is 2.28. The minimum absolute atomic E-state index is 0.00376. The van der Waals surface area contributed by atoms with Crippen molar-refractivity contribution in [2.45, 2.75) is 32.6 Å². The van der Waals surface area contributed by atoms with E-state index in [1.807, 2.05) is 12.1 Å². The number of fused-ring (bicyclic) bond motifs is 1. The number of amides is 1. The molecule has 6 heteroatoms. The van der Waals surface area contributed by atoms with E-state index >= 15 is 0 Å². The number of aromatic nitrogens is 2. The number of anilines is 2. The lowest BCUT2D eigenvalue weighted by molar-refractivity contribution is 0.0979. The summed E-state index contributed by atoms with van der Waals surface area (Å²) < 4.78 is 0. The number of nitrogen functional groups attached to an aromatic ring is 1. The third-order valence-electron chi connectivity index (χ3n) is 5.25. The highest BCUT2D eigenvalue weighted by atomic mass is 16.3. The summed E-state index contributed by atoms with van der Waals surface area (Å²) in [5.41, 5.74) is 10.2. The molecule has 2 aromatic carbocycles. The average molecular weight is 388 g/mol. The van der Waals surface area contributed by atoms with Gasteiger partial charge in [0, 0.05) is 30.4 Å². The Morgan fingerprint density at radius 3 is 2.48 bits per heavy atom. The van der Waals surface area contributed by atoms with Crippen molar-refractivity contribution >= 4 is 17.3 Å². The summed E-state index contributed by atoms with van der Waals surface area (Å²) >= 11 is 0. The van der Waals surface area contributed by atoms with Gasteiger partial charge in [0.15, 0.2) is 5.82 Å². The molecule has 0 saturated carbocycles. The van der Waals surface area contributed by atoms with Crippen LogP contribution in [0.5, 0.6) is 5.75 Å². The normalized spacial score (nSPS) is 14.0. The Bertz CT molecular complexity index is 1090. The average Bonchev–Trinajstić information content (AvgIpc) is 2.70. The van der Waals surface area contributed by atoms with Crippen molar-refractivity contribution in [2.24, 2.45) is 0 Å². The fraction of sp³-hybridized carbons (Fsp3) is 0.261. The third kappa shape index (κ3) is 3.53. The van der Waals surface area contributed by atoms with Gasteiger partial charge >= 0.3 is 0 Å². The van der Waals surface area contributed by atoms with Gasteiger partial charge in [-0.3, -0.25) is 4.79 Å². The van der Waals surface area contributed by atoms with Crippen molar-refractivity contribution in [3.8, 4) is 17.1 Å². The summed E-state index contributed by atoms with van der Waals surface area (Å²) in [7, 11) is 0. The zero-order valence-electron chi connectivity index (χ0n) is 16.8. The van der Waals surface area contributed by atoms with Crippen LogP contribution in [0.2, 0.25) is 0 Å². The maximum atomic E-state index is 13.0. The number of hydrogen-bond acceptors (Lipinski definition) is 5. The van der Waals surface area contributed by atoms with Crippen LogP contribution in [0.1, 0.15) is 42.4 Å². The van der Waals surface area contributed by atoms with E-state index in [-0.39, 0.29) is 22.8 Å². The highest BCUT2D eigenvalue weighted by molar-refractivity contribution is 6.08. The Morgan fingerprint density at radius 1 is 1.10 bits per heavy atom. The van der Waals surface area contributed by atoms with Crippen LogP contribution in [0.3, 0.4) is 0 Å². The standard InChI is InChI=1S/C23H24N4O2/c1-23(2,3)15-6-4-14(5-7-15)21-25-13-17-19(26-21)10-11-27(22(17)29)16-8-9-20(28)18(24)12-16/h4-9,12-13,28H,10-11,24H2,1-3H3. The van der Waals surface area contributed by atoms with Gasteiger partial charge in [0.05, 0.1) is 16.9 Å². The molecule has 29 heavy (non-hydrogen) atoms. The van der Waals surface area contributed by atoms with Crippen molar-refractivity contribution < 1.29 is 9.90 Å². The van der Waals surface area contributed by atoms with Gasteiger partial charge < -0.3 is 15.7 Å². The first-order chi connectivity index (χ1) is 13.7. The van der Waals surface area contributed by atoms with Crippen molar-refractivity contribution in [3.05, 3.63) is 65.5 Å². The maximum absolute atomic E-state index is 13.0. The fourth-order valence-electron chi connectivity index (χ4n) is 3.47. The maximum Gasteiger partial charge on any atom is 0.261 e. The van der Waals surface area contributed by atoms with Crippen LogP contribution in [0, 0.1) is 0 Å². The molecule has 3 aromatic rings. The predicted octanol–water partition coefficient (Wildman–Crippen LogP) is 3.93. The van der Waals surface area contributed by atoms with E-state index in [1.54, 1.807) is 23.2 Å². The zero-order valence-corrected chi connectivity index (χ0v) is 16.8. The van der Waals surface area contributed by atoms with Crippen molar-refractivity contribution in [2.75, 3.05) is 17.2 Å². The van der Waals surface area contributed by atoms with Crippen LogP contribution >= 0.6 is 0 Å². The highest BCUT2D eigenvalue weighted by Crippen LogP contribution is 2.30. The van der Waals surface area contributed by atoms with Crippen molar-refractivity contribution in [1.29, 1.82) is 0 Å². The molecule has 0 radical (unpaired) electrons. The molecule has 1 amide bonds. The predicted molar refractivity (Wildman–Crippen MR) is 114 cm³/mol. The van der Waals surface area contributed by atoms with Crippen LogP contribution in [0.15, 0.2) is 48.7 Å². The second kappa shape index (κ2) is 6.88. The second-order valence-electron chi connectivity index (χ2n) is 8.33. The number of nitrogens with zero attached hydrogens (tertiary/aromatic N) is 3. The molecule has 148 valence electrons. The van der Waals surface area contributed by atoms with Gasteiger partial charge in [0.1, 0.15) is 5.75 Å². The minimum atomic E-state index is -0.161. The lowest BCUT2D eigenvalue weighted by atomic mass is 9.86. The van der Waals surface area contributed by atoms with E-state index < -0.39 is 0 Å². The van der Waals surface area contributed by atoms with Gasteiger partial charge in [-0.05, 0) is 29.2 Å². The smallest absolute Gasteiger partial charge is 0.261 e. The number of aromatic hydroxyl groups is 1. The lowest BCUT2D eigenvalue weighted by Gasteiger charge is -2.28. The molecule has 1 aliphatic rings. The molecule has 3 N–H and O–H groups in total. The summed E-state index contributed by atoms with van der Waals surface area (Å²) in [6.07, 6.45) is 2.23. The number of carbonyl (C=O) groups excluding carboxylic acids is 1. The SMILES string of the molecule is CC(C)(C)c1ccc(-c2ncc3c(n2)CCN(c2ccc(O)c(N)c2)C3=O)cc1. The second-order valence-corrected chi connectivity index (χ2v) is 8.33. The third-order valence-corrected chi connectivity index (χ3v) is 5.25. The number of nitrogens with two attached hydrogens (primary N) is 1. The van der Waals surface area contributed by atoms with Gasteiger partial charge in [-0.1, -0.05) is 45.0 Å². The number of phenolic OH excluding ortho intramolecular Hbond substituents is 1. The fourth-order valence-corrected chi connectivity index (χ4v) is 3.47. The molecule has 0 spiro atoms. The molecular weight excluding hydrogens is 364 g/mol. The van der Waals surface area contributed by atoms with Crippen LogP contribution in [0.25, 0.3) is 11.4 Å². The molecule has 4 rings (SSSR count). The molecule has 0 fully saturated rings. The molecule has 0 bridgehead atoms. The van der Waals surface area contributed by atoms with E-state index in [1.165, 1.54) is 11.6 Å². The first-order valence-corrected chi connectivity index (χ1v) is 9.61. The van der Waals surface area contributed by atoms with Crippen LogP contribution in [0.4, 0.5) is 11.4 Å². The Balaban J connectivity index is 1.62. The molecule has 0 aliphatic carbocycles. The van der Waals surface area contributed by atoms with E-state index in [0.717, 1.165) is 11.3 Å². The van der Waals surface area contributed by atoms with E-state index in [9.17, 15) is 9.90 Å². The molecule has 0 atom stereocenters. The largest absolute Gasteiger partial charge is 0.506 e. The van der Waals surface area contributed by atoms with Gasteiger partial charge in [-0.15, -0.1) is 0 Å². The summed E-state index contributed by atoms with van der Waals surface area (Å²) in [6, 6.07) is 13.0. The Labute approximate surface area is 170 Å². The van der Waals surface area contributed by atoms with Gasteiger partial charge in [-0.2, -0.15) is 0 Å². The monoisotopic (exact) mass is 388 g/mol. The molecule has 6 nitrogen and oxygen atoms in total. The molecular formula is C23H24N4O2. The number of phenols is 1. The Hall–Kier alpha value is -3.41. The van der Waals surface area contributed by atoms with Crippen molar-refractivity contribution in [3.63, 3.8) is 0 Å². The summed E-state index contributed by atoms with van der Waals surface area (Å²) in [6.45, 7) is 7.03. The Morgan fingerprint density at radius 2 is 1.83 bits per heavy atom. The number of rotatable bonds is 2. The Kier molecular flexibility index (Phi) is 4.49. The first-order valence-electron chi connectivity index (χ1n) is 9.61. The van der Waals surface area contributed by atoms with Crippen LogP contribution in [-0.4, -0.2) is 27.5 Å². The number of benzene rings is 2. The quantitative estimate of drug-likeness (QED) is 0.513. The van der Waals surface area contributed by atoms with Gasteiger partial charge in [0.2, 0.25) is 0 Å². The topological polar surface area (TPSA) is 92.3 Å².